The molecule has 2 heteroatoms. The van der Waals surface area contributed by atoms with Crippen LogP contribution in [0, 0.1) is 6.92 Å². The predicted octanol–water partition coefficient (Wildman–Crippen LogP) is 4.06. The highest BCUT2D eigenvalue weighted by molar-refractivity contribution is 5.21. The predicted molar refractivity (Wildman–Crippen MR) is 84.8 cm³/mol. The molecule has 0 saturated carbocycles. The summed E-state index contributed by atoms with van der Waals surface area (Å²) in [5.41, 5.74) is 3.93. The van der Waals surface area contributed by atoms with Gasteiger partial charge >= 0.3 is 0 Å². The van der Waals surface area contributed by atoms with Crippen LogP contribution in [0.4, 0.5) is 0 Å². The van der Waals surface area contributed by atoms with E-state index >= 15 is 0 Å². The van der Waals surface area contributed by atoms with Gasteiger partial charge in [-0.15, -0.1) is 0 Å². The second kappa shape index (κ2) is 7.81. The van der Waals surface area contributed by atoms with E-state index in [4.69, 9.17) is 0 Å². The van der Waals surface area contributed by atoms with Crippen LogP contribution in [0.1, 0.15) is 42.5 Å². The third-order valence-electron chi connectivity index (χ3n) is 3.50. The van der Waals surface area contributed by atoms with Crippen molar-refractivity contribution >= 4 is 0 Å². The summed E-state index contributed by atoms with van der Waals surface area (Å²) in [6.45, 7) is 5.35. The maximum Gasteiger partial charge on any atom is 0.0338 e. The molecule has 0 amide bonds. The van der Waals surface area contributed by atoms with E-state index in [2.05, 4.69) is 60.5 Å². The Hall–Kier alpha value is -1.67. The lowest BCUT2D eigenvalue weighted by Crippen LogP contribution is -2.23. The largest absolute Gasteiger partial charge is 0.310 e. The van der Waals surface area contributed by atoms with Gasteiger partial charge in [0.2, 0.25) is 0 Å². The Bertz CT molecular complexity index is 508. The summed E-state index contributed by atoms with van der Waals surface area (Å²) in [5, 5.41) is 3.64. The van der Waals surface area contributed by atoms with Crippen LogP contribution in [0.2, 0.25) is 0 Å². The first-order valence-electron chi connectivity index (χ1n) is 7.48. The highest BCUT2D eigenvalue weighted by atomic mass is 14.9. The molecule has 1 aromatic carbocycles. The summed E-state index contributed by atoms with van der Waals surface area (Å²) in [5.74, 6) is 0. The minimum absolute atomic E-state index is 0.391. The molecule has 2 nitrogen and oxygen atoms in total. The van der Waals surface area contributed by atoms with E-state index in [9.17, 15) is 0 Å². The summed E-state index contributed by atoms with van der Waals surface area (Å²) < 4.78 is 0. The zero-order chi connectivity index (χ0) is 14.2. The monoisotopic (exact) mass is 268 g/mol. The Kier molecular flexibility index (Phi) is 5.75. The number of benzene rings is 1. The lowest BCUT2D eigenvalue weighted by atomic mass is 9.99. The summed E-state index contributed by atoms with van der Waals surface area (Å²) in [6.07, 6.45) is 7.26. The van der Waals surface area contributed by atoms with E-state index in [0.717, 1.165) is 25.8 Å². The van der Waals surface area contributed by atoms with Crippen LogP contribution in [-0.2, 0) is 6.42 Å². The molecule has 1 atom stereocenters. The lowest BCUT2D eigenvalue weighted by Gasteiger charge is -2.19. The highest BCUT2D eigenvalue weighted by Gasteiger charge is 2.11. The minimum atomic E-state index is 0.391. The van der Waals surface area contributed by atoms with Crippen LogP contribution in [0.15, 0.2) is 48.8 Å². The molecule has 2 rings (SSSR count). The molecular weight excluding hydrogens is 244 g/mol. The summed E-state index contributed by atoms with van der Waals surface area (Å²) in [6, 6.07) is 13.3. The van der Waals surface area contributed by atoms with Crippen LogP contribution < -0.4 is 5.32 Å². The fourth-order valence-corrected chi connectivity index (χ4v) is 2.43. The second-order valence-corrected chi connectivity index (χ2v) is 5.33. The maximum atomic E-state index is 4.33. The van der Waals surface area contributed by atoms with E-state index in [1.807, 2.05) is 12.4 Å². The van der Waals surface area contributed by atoms with Gasteiger partial charge in [0.25, 0.3) is 0 Å². The van der Waals surface area contributed by atoms with Crippen molar-refractivity contribution in [1.82, 2.24) is 10.3 Å². The van der Waals surface area contributed by atoms with Gasteiger partial charge in [0, 0.05) is 18.4 Å². The van der Waals surface area contributed by atoms with Crippen LogP contribution in [-0.4, -0.2) is 11.5 Å². The zero-order valence-corrected chi connectivity index (χ0v) is 12.5. The molecule has 0 saturated heterocycles. The first-order chi connectivity index (χ1) is 9.79. The third kappa shape index (κ3) is 4.46. The average molecular weight is 268 g/mol. The van der Waals surface area contributed by atoms with E-state index in [1.165, 1.54) is 16.7 Å². The van der Waals surface area contributed by atoms with Crippen molar-refractivity contribution in [3.63, 3.8) is 0 Å². The molecule has 2 aromatic rings. The number of pyridine rings is 1. The van der Waals surface area contributed by atoms with Crippen LogP contribution in [0.3, 0.4) is 0 Å². The van der Waals surface area contributed by atoms with Crippen LogP contribution in [0.5, 0.6) is 0 Å². The number of rotatable bonds is 7. The molecule has 0 bridgehead atoms. The van der Waals surface area contributed by atoms with Gasteiger partial charge in [0.15, 0.2) is 0 Å². The number of aromatic nitrogens is 1. The van der Waals surface area contributed by atoms with E-state index in [0.29, 0.717) is 6.04 Å². The van der Waals surface area contributed by atoms with Crippen molar-refractivity contribution in [1.29, 1.82) is 0 Å². The van der Waals surface area contributed by atoms with Gasteiger partial charge < -0.3 is 5.32 Å². The first-order valence-corrected chi connectivity index (χ1v) is 7.48. The van der Waals surface area contributed by atoms with Gasteiger partial charge in [-0.25, -0.2) is 0 Å². The molecule has 106 valence electrons. The second-order valence-electron chi connectivity index (χ2n) is 5.33. The Labute approximate surface area is 122 Å². The summed E-state index contributed by atoms with van der Waals surface area (Å²) >= 11 is 0. The molecule has 1 unspecified atom stereocenters. The quantitative estimate of drug-likeness (QED) is 0.819. The number of nitrogens with one attached hydrogen (secondary N) is 1. The molecule has 0 aliphatic rings. The average Bonchev–Trinajstić information content (AvgIpc) is 2.48. The lowest BCUT2D eigenvalue weighted by molar-refractivity contribution is 0.498. The third-order valence-corrected chi connectivity index (χ3v) is 3.50. The fourth-order valence-electron chi connectivity index (χ4n) is 2.43. The summed E-state index contributed by atoms with van der Waals surface area (Å²) in [4.78, 5) is 4.33. The number of nitrogens with zero attached hydrogens (tertiary/aromatic N) is 1. The molecular formula is C18H24N2. The normalized spacial score (nSPS) is 12.3. The fraction of sp³-hybridized carbons (Fsp3) is 0.389. The van der Waals surface area contributed by atoms with Crippen molar-refractivity contribution in [2.24, 2.45) is 0 Å². The first kappa shape index (κ1) is 14.7. The number of hydrogen-bond acceptors (Lipinski definition) is 2. The molecule has 0 aliphatic carbocycles. The van der Waals surface area contributed by atoms with Crippen molar-refractivity contribution in [2.75, 3.05) is 6.54 Å². The molecule has 0 aliphatic heterocycles. The standard InChI is InChI=1S/C18H24N2/c1-3-11-20-18(17-12-15(2)13-19-14-17)10-9-16-7-5-4-6-8-16/h4-8,12-14,18,20H,3,9-11H2,1-2H3. The number of aryl methyl sites for hydroxylation is 2. The van der Waals surface area contributed by atoms with Gasteiger partial charge in [0.1, 0.15) is 0 Å². The van der Waals surface area contributed by atoms with E-state index < -0.39 is 0 Å². The smallest absolute Gasteiger partial charge is 0.0338 e. The Balaban J connectivity index is 2.03. The van der Waals surface area contributed by atoms with Crippen LogP contribution in [0.25, 0.3) is 0 Å². The summed E-state index contributed by atoms with van der Waals surface area (Å²) in [7, 11) is 0. The van der Waals surface area contributed by atoms with Crippen LogP contribution >= 0.6 is 0 Å². The molecule has 1 aromatic heterocycles. The molecule has 1 N–H and O–H groups in total. The molecule has 0 radical (unpaired) electrons. The molecule has 0 fully saturated rings. The van der Waals surface area contributed by atoms with Crippen molar-refractivity contribution in [3.8, 4) is 0 Å². The Morgan fingerprint density at radius 3 is 2.65 bits per heavy atom. The Morgan fingerprint density at radius 2 is 1.95 bits per heavy atom. The van der Waals surface area contributed by atoms with Gasteiger partial charge in [-0.05, 0) is 49.4 Å². The number of hydrogen-bond donors (Lipinski definition) is 1. The van der Waals surface area contributed by atoms with Gasteiger partial charge in [-0.1, -0.05) is 43.3 Å². The van der Waals surface area contributed by atoms with Crippen molar-refractivity contribution < 1.29 is 0 Å². The van der Waals surface area contributed by atoms with E-state index in [-0.39, 0.29) is 0 Å². The zero-order valence-electron chi connectivity index (χ0n) is 12.5. The van der Waals surface area contributed by atoms with Gasteiger partial charge in [0.05, 0.1) is 0 Å². The molecule has 1 heterocycles. The minimum Gasteiger partial charge on any atom is -0.310 e. The van der Waals surface area contributed by atoms with Crippen molar-refractivity contribution in [3.05, 3.63) is 65.5 Å². The van der Waals surface area contributed by atoms with Gasteiger partial charge in [-0.2, -0.15) is 0 Å². The molecule has 20 heavy (non-hydrogen) atoms. The van der Waals surface area contributed by atoms with Crippen molar-refractivity contribution in [2.45, 2.75) is 39.2 Å². The SMILES string of the molecule is CCCNC(CCc1ccccc1)c1cncc(C)c1. The van der Waals surface area contributed by atoms with E-state index in [1.54, 1.807) is 0 Å². The maximum absolute atomic E-state index is 4.33. The Morgan fingerprint density at radius 1 is 1.15 bits per heavy atom. The molecule has 0 spiro atoms. The highest BCUT2D eigenvalue weighted by Crippen LogP contribution is 2.19. The van der Waals surface area contributed by atoms with Gasteiger partial charge in [-0.3, -0.25) is 4.98 Å². The topological polar surface area (TPSA) is 24.9 Å².